The Labute approximate surface area is 45.2 Å². The quantitative estimate of drug-likeness (QED) is 0.171. The van der Waals surface area contributed by atoms with Crippen LogP contribution in [0, 0.1) is 0 Å². The van der Waals surface area contributed by atoms with Crippen LogP contribution >= 0.6 is 0 Å². The van der Waals surface area contributed by atoms with Gasteiger partial charge in [0.2, 0.25) is 5.96 Å². The van der Waals surface area contributed by atoms with E-state index in [0.29, 0.717) is 0 Å². The Kier molecular flexibility index (Phi) is 2.93. The minimum atomic E-state index is -0.207. The molecule has 0 unspecified atom stereocenters. The molecule has 0 fully saturated rings. The summed E-state index contributed by atoms with van der Waals surface area (Å²) in [4.78, 5) is 0. The number of nitrogens with two attached hydrogens (primary N) is 2. The third-order valence-corrected chi connectivity index (χ3v) is 0.255. The van der Waals surface area contributed by atoms with Crippen molar-refractivity contribution in [2.45, 2.75) is 0 Å². The Hall–Kier alpha value is -1.55. The highest BCUT2D eigenvalue weighted by Gasteiger charge is 1.68. The molecular weight excluding hydrogens is 110 g/mol. The first-order valence-electron chi connectivity index (χ1n) is 1.65. The van der Waals surface area contributed by atoms with E-state index in [1.807, 2.05) is 0 Å². The Morgan fingerprint density at radius 1 is 1.50 bits per heavy atom. The first-order chi connectivity index (χ1) is 3.77. The largest absolute Gasteiger partial charge is 0.402 e. The van der Waals surface area contributed by atoms with E-state index in [1.54, 1.807) is 6.01 Å². The predicted octanol–water partition coefficient (Wildman–Crippen LogP) is -1.26. The summed E-state index contributed by atoms with van der Waals surface area (Å²) >= 11 is 0. The fraction of sp³-hybridized carbons (Fsp3) is 0. The van der Waals surface area contributed by atoms with Crippen molar-refractivity contribution >= 4 is 12.0 Å². The zero-order valence-electron chi connectivity index (χ0n) is 3.94. The van der Waals surface area contributed by atoms with Gasteiger partial charge in [-0.3, -0.25) is 0 Å². The Morgan fingerprint density at radius 2 is 2.12 bits per heavy atom. The highest BCUT2D eigenvalue weighted by atomic mass is 16.4. The van der Waals surface area contributed by atoms with Crippen LogP contribution in [0.3, 0.4) is 0 Å². The summed E-state index contributed by atoms with van der Waals surface area (Å²) in [6, 6.07) is 1.74. The van der Waals surface area contributed by atoms with E-state index in [1.165, 1.54) is 0 Å². The van der Waals surface area contributed by atoms with Gasteiger partial charge in [-0.15, -0.1) is 5.10 Å². The van der Waals surface area contributed by atoms with Gasteiger partial charge < -0.3 is 16.7 Å². The second-order valence-electron chi connectivity index (χ2n) is 0.825. The van der Waals surface area contributed by atoms with Gasteiger partial charge in [-0.2, -0.15) is 0 Å². The van der Waals surface area contributed by atoms with E-state index in [9.17, 15) is 0 Å². The molecule has 0 bridgehead atoms. The standard InChI is InChI=1S/C2H5N5O/c3-2(4)7-5-1-6-8/h8H,(H4,3,4,7). The van der Waals surface area contributed by atoms with E-state index in [2.05, 4.69) is 15.4 Å². The molecule has 6 heteroatoms. The van der Waals surface area contributed by atoms with Gasteiger partial charge in [0.1, 0.15) is 0 Å². The number of rotatable bonds is 1. The fourth-order valence-corrected chi connectivity index (χ4v) is 0.100. The van der Waals surface area contributed by atoms with Gasteiger partial charge in [0, 0.05) is 0 Å². The van der Waals surface area contributed by atoms with Crippen LogP contribution in [0.1, 0.15) is 0 Å². The minimum Gasteiger partial charge on any atom is -0.402 e. The lowest BCUT2D eigenvalue weighted by Gasteiger charge is -1.76. The second kappa shape index (κ2) is 3.63. The van der Waals surface area contributed by atoms with Crippen LogP contribution in [0.15, 0.2) is 15.4 Å². The molecular formula is C2H5N5O. The number of hydrogen-bond donors (Lipinski definition) is 3. The molecule has 0 aliphatic rings. The highest BCUT2D eigenvalue weighted by molar-refractivity contribution is 5.75. The Morgan fingerprint density at radius 3 is 2.50 bits per heavy atom. The van der Waals surface area contributed by atoms with E-state index in [-0.39, 0.29) is 5.96 Å². The van der Waals surface area contributed by atoms with E-state index in [0.717, 1.165) is 0 Å². The van der Waals surface area contributed by atoms with Crippen molar-refractivity contribution in [3.8, 4) is 0 Å². The molecule has 6 nitrogen and oxygen atoms in total. The molecule has 0 saturated carbocycles. The normalized spacial score (nSPS) is 6.50. The topological polar surface area (TPSA) is 109 Å². The van der Waals surface area contributed by atoms with Crippen LogP contribution in [0.2, 0.25) is 0 Å². The van der Waals surface area contributed by atoms with Crippen LogP contribution in [-0.4, -0.2) is 17.2 Å². The molecule has 5 N–H and O–H groups in total. The highest BCUT2D eigenvalue weighted by Crippen LogP contribution is 1.60. The molecule has 8 heavy (non-hydrogen) atoms. The average molecular weight is 115 g/mol. The predicted molar refractivity (Wildman–Crippen MR) is 27.5 cm³/mol. The lowest BCUT2D eigenvalue weighted by atomic mass is 11.1. The van der Waals surface area contributed by atoms with Crippen molar-refractivity contribution in [1.29, 1.82) is 0 Å². The van der Waals surface area contributed by atoms with Crippen molar-refractivity contribution in [2.75, 3.05) is 0 Å². The maximum atomic E-state index is 7.65. The van der Waals surface area contributed by atoms with Crippen LogP contribution < -0.4 is 11.5 Å². The summed E-state index contributed by atoms with van der Waals surface area (Å²) in [5.41, 5.74) is 9.61. The average Bonchev–Trinajstić information content (AvgIpc) is 1.66. The Balaban J connectivity index is 3.77. The van der Waals surface area contributed by atoms with Gasteiger partial charge in [0.25, 0.3) is 0 Å². The van der Waals surface area contributed by atoms with Gasteiger partial charge in [0.05, 0.1) is 0 Å². The van der Waals surface area contributed by atoms with Crippen molar-refractivity contribution in [2.24, 2.45) is 26.8 Å². The summed E-state index contributed by atoms with van der Waals surface area (Å²) in [7, 11) is 0. The number of nitrogens with zero attached hydrogens (tertiary/aromatic N) is 3. The molecule has 0 amide bonds. The maximum Gasteiger partial charge on any atom is 0.212 e. The van der Waals surface area contributed by atoms with Crippen molar-refractivity contribution in [1.82, 2.24) is 0 Å². The van der Waals surface area contributed by atoms with Crippen molar-refractivity contribution < 1.29 is 5.21 Å². The molecule has 0 rings (SSSR count). The summed E-state index contributed by atoms with van der Waals surface area (Å²) < 4.78 is 0. The molecule has 0 aromatic carbocycles. The van der Waals surface area contributed by atoms with Gasteiger partial charge in [0.15, 0.2) is 6.01 Å². The molecule has 0 aliphatic heterocycles. The first-order valence-corrected chi connectivity index (χ1v) is 1.65. The SMILES string of the molecule is NC(N)=NN=C=NO. The molecule has 0 aromatic heterocycles. The van der Waals surface area contributed by atoms with Crippen LogP contribution in [0.5, 0.6) is 0 Å². The third-order valence-electron chi connectivity index (χ3n) is 0.255. The van der Waals surface area contributed by atoms with Gasteiger partial charge >= 0.3 is 0 Å². The molecule has 0 aliphatic carbocycles. The molecule has 0 radical (unpaired) electrons. The molecule has 0 atom stereocenters. The summed E-state index contributed by atoms with van der Waals surface area (Å²) in [5.74, 6) is -0.207. The summed E-state index contributed by atoms with van der Waals surface area (Å²) in [6.45, 7) is 0. The monoisotopic (exact) mass is 115 g/mol. The fourth-order valence-electron chi connectivity index (χ4n) is 0.100. The third kappa shape index (κ3) is 4.45. The molecule has 0 spiro atoms. The molecule has 0 heterocycles. The van der Waals surface area contributed by atoms with Crippen molar-refractivity contribution in [3.63, 3.8) is 0 Å². The lowest BCUT2D eigenvalue weighted by Crippen LogP contribution is -2.21. The van der Waals surface area contributed by atoms with Crippen molar-refractivity contribution in [3.05, 3.63) is 0 Å². The summed E-state index contributed by atoms with van der Waals surface area (Å²) in [6.07, 6.45) is 0. The zero-order chi connectivity index (χ0) is 6.41. The first kappa shape index (κ1) is 6.45. The molecule has 44 valence electrons. The van der Waals surface area contributed by atoms with Crippen LogP contribution in [0.25, 0.3) is 0 Å². The molecule has 0 saturated heterocycles. The number of guanidine groups is 1. The minimum absolute atomic E-state index is 0.207. The van der Waals surface area contributed by atoms with E-state index < -0.39 is 0 Å². The zero-order valence-corrected chi connectivity index (χ0v) is 3.94. The van der Waals surface area contributed by atoms with Gasteiger partial charge in [-0.1, -0.05) is 5.10 Å². The number of hydrogen-bond acceptors (Lipinski definition) is 4. The Bertz CT molecular complexity index is 139. The van der Waals surface area contributed by atoms with Gasteiger partial charge in [-0.25, -0.2) is 0 Å². The second-order valence-corrected chi connectivity index (χ2v) is 0.825. The van der Waals surface area contributed by atoms with E-state index >= 15 is 0 Å². The van der Waals surface area contributed by atoms with Crippen LogP contribution in [-0.2, 0) is 0 Å². The smallest absolute Gasteiger partial charge is 0.212 e. The van der Waals surface area contributed by atoms with Gasteiger partial charge in [-0.05, 0) is 5.16 Å². The van der Waals surface area contributed by atoms with E-state index in [4.69, 9.17) is 16.7 Å². The maximum absolute atomic E-state index is 7.65. The van der Waals surface area contributed by atoms with Crippen LogP contribution in [0.4, 0.5) is 0 Å². The summed E-state index contributed by atoms with van der Waals surface area (Å²) in [5, 5.41) is 16.0. The lowest BCUT2D eigenvalue weighted by molar-refractivity contribution is 0.322. The molecule has 0 aromatic rings.